The number of halogens is 1. The van der Waals surface area contributed by atoms with Crippen molar-refractivity contribution in [3.05, 3.63) is 64.8 Å². The van der Waals surface area contributed by atoms with Crippen LogP contribution < -0.4 is 10.2 Å². The molecule has 2 aromatic carbocycles. The Labute approximate surface area is 259 Å². The first-order valence-corrected chi connectivity index (χ1v) is 17.6. The first kappa shape index (κ1) is 31.3. The lowest BCUT2D eigenvalue weighted by Gasteiger charge is -2.46. The first-order valence-electron chi connectivity index (χ1n) is 15.2. The van der Waals surface area contributed by atoms with Gasteiger partial charge in [-0.1, -0.05) is 43.6 Å². The van der Waals surface area contributed by atoms with Crippen molar-refractivity contribution in [3.8, 4) is 0 Å². The summed E-state index contributed by atoms with van der Waals surface area (Å²) in [6.45, 7) is 9.26. The van der Waals surface area contributed by atoms with E-state index < -0.39 is 15.3 Å². The summed E-state index contributed by atoms with van der Waals surface area (Å²) >= 11 is 6.29. The van der Waals surface area contributed by atoms with Crippen molar-refractivity contribution in [2.24, 2.45) is 0 Å². The molecule has 1 fully saturated rings. The molecule has 0 saturated carbocycles. The minimum atomic E-state index is -3.10. The van der Waals surface area contributed by atoms with E-state index in [2.05, 4.69) is 28.6 Å². The Balaban J connectivity index is 1.32. The number of para-hydroxylation sites is 1. The molecule has 0 radical (unpaired) electrons. The molecular weight excluding hydrogens is 586 g/mol. The van der Waals surface area contributed by atoms with Crippen LogP contribution in [0.5, 0.6) is 0 Å². The van der Waals surface area contributed by atoms with Crippen LogP contribution in [0.4, 0.5) is 10.5 Å². The fraction of sp³-hybridized carbons (Fsp3) is 0.500. The molecule has 2 aliphatic heterocycles. The van der Waals surface area contributed by atoms with Crippen LogP contribution in [0.3, 0.4) is 0 Å². The van der Waals surface area contributed by atoms with E-state index in [1.807, 2.05) is 53.4 Å². The molecule has 43 heavy (non-hydrogen) atoms. The standard InChI is InChI=1S/C32H42ClN5O4S/c1-4-14-35(15-5-2)17-13-34-31(40)36-22-32(23-36)27-9-6-7-10-29(27)38(30(32)39)21-26-20-24-19-25(33)11-12-28(24)37(26)16-8-18-43(3,41)42/h6-7,9-12,19-20H,4-5,8,13-18,21-23H2,1-3H3,(H,34,40). The number of nitrogens with zero attached hydrogens (tertiary/aromatic N) is 4. The predicted molar refractivity (Wildman–Crippen MR) is 173 cm³/mol. The first-order chi connectivity index (χ1) is 20.6. The normalized spacial score (nSPS) is 15.9. The lowest BCUT2D eigenvalue weighted by molar-refractivity contribution is -0.127. The molecule has 0 atom stereocenters. The summed E-state index contributed by atoms with van der Waals surface area (Å²) in [6, 6.07) is 15.4. The summed E-state index contributed by atoms with van der Waals surface area (Å²) in [6.07, 6.45) is 3.87. The maximum Gasteiger partial charge on any atom is 0.317 e. The van der Waals surface area contributed by atoms with Crippen LogP contribution in [0.1, 0.15) is 44.4 Å². The zero-order valence-corrected chi connectivity index (χ0v) is 26.9. The Morgan fingerprint density at radius 1 is 1.05 bits per heavy atom. The van der Waals surface area contributed by atoms with Crippen molar-refractivity contribution >= 4 is 50.0 Å². The molecule has 0 aliphatic carbocycles. The summed E-state index contributed by atoms with van der Waals surface area (Å²) in [4.78, 5) is 33.1. The Hall–Kier alpha value is -3.08. The van der Waals surface area contributed by atoms with Gasteiger partial charge >= 0.3 is 6.03 Å². The van der Waals surface area contributed by atoms with Gasteiger partial charge in [-0.15, -0.1) is 0 Å². The third-order valence-corrected chi connectivity index (χ3v) is 9.79. The number of rotatable bonds is 13. The van der Waals surface area contributed by atoms with E-state index in [9.17, 15) is 18.0 Å². The third kappa shape index (κ3) is 6.56. The van der Waals surface area contributed by atoms with Crippen molar-refractivity contribution in [1.82, 2.24) is 19.7 Å². The number of likely N-dealkylation sites (tertiary alicyclic amines) is 1. The number of carbonyl (C=O) groups is 2. The highest BCUT2D eigenvalue weighted by atomic mass is 35.5. The molecule has 2 aliphatic rings. The Bertz CT molecular complexity index is 1590. The molecule has 0 bridgehead atoms. The number of urea groups is 1. The number of sulfone groups is 1. The summed E-state index contributed by atoms with van der Waals surface area (Å²) in [5.74, 6) is 0.0716. The zero-order valence-electron chi connectivity index (χ0n) is 25.3. The molecule has 3 aromatic rings. The minimum absolute atomic E-state index is 0.0132. The van der Waals surface area contributed by atoms with Gasteiger partial charge in [0.1, 0.15) is 15.3 Å². The number of fused-ring (bicyclic) bond motifs is 3. The third-order valence-electron chi connectivity index (χ3n) is 8.52. The van der Waals surface area contributed by atoms with Gasteiger partial charge in [0, 0.05) is 66.3 Å². The molecule has 1 spiro atoms. The van der Waals surface area contributed by atoms with Crippen molar-refractivity contribution in [2.75, 3.05) is 56.2 Å². The SMILES string of the molecule is CCCN(CCC)CCNC(=O)N1CC2(C1)C(=O)N(Cc1cc3cc(Cl)ccc3n1CCCS(C)(=O)=O)c1ccccc12. The van der Waals surface area contributed by atoms with Crippen LogP contribution in [0, 0.1) is 0 Å². The van der Waals surface area contributed by atoms with E-state index in [4.69, 9.17) is 11.6 Å². The Morgan fingerprint density at radius 3 is 2.47 bits per heavy atom. The van der Waals surface area contributed by atoms with Crippen LogP contribution >= 0.6 is 11.6 Å². The van der Waals surface area contributed by atoms with Crippen LogP contribution in [0.25, 0.3) is 10.9 Å². The number of benzene rings is 2. The topological polar surface area (TPSA) is 95.0 Å². The van der Waals surface area contributed by atoms with Gasteiger partial charge in [-0.2, -0.15) is 0 Å². The second-order valence-corrected chi connectivity index (χ2v) is 14.6. The van der Waals surface area contributed by atoms with Crippen molar-refractivity contribution in [3.63, 3.8) is 0 Å². The molecule has 3 heterocycles. The summed E-state index contributed by atoms with van der Waals surface area (Å²) in [7, 11) is -3.10. The lowest BCUT2D eigenvalue weighted by atomic mass is 9.75. The molecule has 232 valence electrons. The van der Waals surface area contributed by atoms with Gasteiger partial charge in [-0.25, -0.2) is 13.2 Å². The highest BCUT2D eigenvalue weighted by molar-refractivity contribution is 7.90. The molecule has 11 heteroatoms. The highest BCUT2D eigenvalue weighted by Crippen LogP contribution is 2.48. The lowest BCUT2D eigenvalue weighted by Crippen LogP contribution is -2.67. The van der Waals surface area contributed by atoms with Gasteiger partial charge < -0.3 is 24.6 Å². The minimum Gasteiger partial charge on any atom is -0.343 e. The number of amides is 3. The number of carbonyl (C=O) groups excluding carboxylic acids is 2. The van der Waals surface area contributed by atoms with Gasteiger partial charge in [-0.3, -0.25) is 4.79 Å². The molecular formula is C32H42ClN5O4S. The number of nitrogens with one attached hydrogen (secondary N) is 1. The molecule has 3 amide bonds. The second kappa shape index (κ2) is 12.9. The average molecular weight is 628 g/mol. The van der Waals surface area contributed by atoms with Gasteiger partial charge in [0.15, 0.2) is 0 Å². The van der Waals surface area contributed by atoms with Crippen molar-refractivity contribution < 1.29 is 18.0 Å². The monoisotopic (exact) mass is 627 g/mol. The summed E-state index contributed by atoms with van der Waals surface area (Å²) < 4.78 is 25.7. The van der Waals surface area contributed by atoms with E-state index >= 15 is 0 Å². The number of aromatic nitrogens is 1. The van der Waals surface area contributed by atoms with Crippen molar-refractivity contribution in [1.29, 1.82) is 0 Å². The summed E-state index contributed by atoms with van der Waals surface area (Å²) in [5, 5.41) is 4.61. The summed E-state index contributed by atoms with van der Waals surface area (Å²) in [5.41, 5.74) is 2.90. The van der Waals surface area contributed by atoms with Crippen LogP contribution in [0.15, 0.2) is 48.5 Å². The molecule has 9 nitrogen and oxygen atoms in total. The van der Waals surface area contributed by atoms with E-state index in [0.29, 0.717) is 44.2 Å². The Kier molecular flexibility index (Phi) is 9.39. The van der Waals surface area contributed by atoms with Gasteiger partial charge in [0.25, 0.3) is 0 Å². The average Bonchev–Trinajstić information content (AvgIpc) is 3.39. The quantitative estimate of drug-likeness (QED) is 0.297. The van der Waals surface area contributed by atoms with Gasteiger partial charge in [-0.05, 0) is 68.2 Å². The fourth-order valence-corrected chi connectivity index (χ4v) is 7.38. The molecule has 1 aromatic heterocycles. The molecule has 1 saturated heterocycles. The van der Waals surface area contributed by atoms with Crippen LogP contribution in [-0.4, -0.2) is 86.0 Å². The Morgan fingerprint density at radius 2 is 1.77 bits per heavy atom. The van der Waals surface area contributed by atoms with E-state index in [0.717, 1.165) is 60.3 Å². The second-order valence-electron chi connectivity index (χ2n) is 11.9. The molecule has 0 unspecified atom stereocenters. The van der Waals surface area contributed by atoms with E-state index in [1.165, 1.54) is 6.26 Å². The number of hydrogen-bond acceptors (Lipinski definition) is 5. The zero-order chi connectivity index (χ0) is 30.8. The van der Waals surface area contributed by atoms with Crippen molar-refractivity contribution in [2.45, 2.75) is 51.6 Å². The van der Waals surface area contributed by atoms with Gasteiger partial charge in [0.05, 0.1) is 12.3 Å². The largest absolute Gasteiger partial charge is 0.343 e. The van der Waals surface area contributed by atoms with E-state index in [-0.39, 0.29) is 17.7 Å². The van der Waals surface area contributed by atoms with Gasteiger partial charge in [0.2, 0.25) is 5.91 Å². The van der Waals surface area contributed by atoms with Crippen LogP contribution in [0.2, 0.25) is 5.02 Å². The van der Waals surface area contributed by atoms with Crippen LogP contribution in [-0.2, 0) is 33.1 Å². The smallest absolute Gasteiger partial charge is 0.317 e. The number of aryl methyl sites for hydroxylation is 1. The van der Waals surface area contributed by atoms with E-state index in [1.54, 1.807) is 4.90 Å². The highest BCUT2D eigenvalue weighted by Gasteiger charge is 2.59. The fourth-order valence-electron chi connectivity index (χ4n) is 6.55. The maximum absolute atomic E-state index is 14.2. The number of anilines is 1. The molecule has 5 rings (SSSR count). The number of hydrogen-bond donors (Lipinski definition) is 1. The predicted octanol–water partition coefficient (Wildman–Crippen LogP) is 4.66. The molecule has 1 N–H and O–H groups in total. The maximum atomic E-state index is 14.2.